The number of nitrogens with zero attached hydrogens (tertiary/aromatic N) is 4. The van der Waals surface area contributed by atoms with Crippen molar-refractivity contribution in [3.63, 3.8) is 0 Å². The molecular formula is C20H24N4O2S3. The fourth-order valence-electron chi connectivity index (χ4n) is 3.51. The number of hydrogen-bond acceptors (Lipinski definition) is 7. The van der Waals surface area contributed by atoms with Crippen molar-refractivity contribution >= 4 is 57.9 Å². The molecule has 9 heteroatoms. The zero-order valence-electron chi connectivity index (χ0n) is 16.9. The van der Waals surface area contributed by atoms with Gasteiger partial charge in [0.25, 0.3) is 11.5 Å². The number of carbonyl (C=O) groups excluding carboxylic acids is 1. The minimum atomic E-state index is -0.300. The molecular weight excluding hydrogens is 424 g/mol. The molecule has 0 atom stereocenters. The molecule has 2 saturated heterocycles. The number of nitriles is 1. The van der Waals surface area contributed by atoms with Gasteiger partial charge in [-0.05, 0) is 25.0 Å². The van der Waals surface area contributed by atoms with Crippen LogP contribution in [0.4, 0.5) is 5.82 Å². The van der Waals surface area contributed by atoms with E-state index in [1.165, 1.54) is 11.8 Å². The summed E-state index contributed by atoms with van der Waals surface area (Å²) in [6, 6.07) is 2.04. The van der Waals surface area contributed by atoms with Gasteiger partial charge in [0.05, 0.1) is 4.91 Å². The van der Waals surface area contributed by atoms with Crippen LogP contribution >= 0.6 is 35.7 Å². The predicted octanol–water partition coefficient (Wildman–Crippen LogP) is 3.12. The monoisotopic (exact) mass is 448 g/mol. The van der Waals surface area contributed by atoms with Crippen molar-refractivity contribution in [2.45, 2.75) is 26.7 Å². The lowest BCUT2D eigenvalue weighted by Crippen LogP contribution is -2.38. The highest BCUT2D eigenvalue weighted by molar-refractivity contribution is 8.26. The minimum Gasteiger partial charge on any atom is -0.356 e. The van der Waals surface area contributed by atoms with E-state index in [-0.39, 0.29) is 17.0 Å². The molecule has 0 N–H and O–H groups in total. The number of pyridine rings is 1. The lowest BCUT2D eigenvalue weighted by atomic mass is 10.0. The van der Waals surface area contributed by atoms with Gasteiger partial charge in [-0.15, -0.1) is 0 Å². The van der Waals surface area contributed by atoms with Gasteiger partial charge in [0.1, 0.15) is 21.8 Å². The van der Waals surface area contributed by atoms with Crippen molar-refractivity contribution in [2.75, 3.05) is 36.0 Å². The highest BCUT2D eigenvalue weighted by Crippen LogP contribution is 2.36. The van der Waals surface area contributed by atoms with Crippen molar-refractivity contribution in [1.29, 1.82) is 5.26 Å². The Morgan fingerprint density at radius 1 is 1.28 bits per heavy atom. The Labute approximate surface area is 184 Å². The Morgan fingerprint density at radius 2 is 1.97 bits per heavy atom. The number of carbonyl (C=O) groups is 1. The van der Waals surface area contributed by atoms with Gasteiger partial charge in [-0.1, -0.05) is 37.3 Å². The number of thiocarbonyl (C=S) groups is 1. The number of amides is 1. The lowest BCUT2D eigenvalue weighted by Gasteiger charge is -2.32. The quantitative estimate of drug-likeness (QED) is 0.506. The van der Waals surface area contributed by atoms with Crippen LogP contribution < -0.4 is 10.5 Å². The first kappa shape index (κ1) is 21.9. The first-order chi connectivity index (χ1) is 13.9. The molecule has 2 aliphatic heterocycles. The van der Waals surface area contributed by atoms with Gasteiger partial charge in [0, 0.05) is 43.8 Å². The smallest absolute Gasteiger partial charge is 0.270 e. The normalized spacial score (nSPS) is 18.6. The summed E-state index contributed by atoms with van der Waals surface area (Å²) in [6.45, 7) is 6.12. The summed E-state index contributed by atoms with van der Waals surface area (Å²) in [6.07, 6.45) is 3.70. The average Bonchev–Trinajstić information content (AvgIpc) is 2.98. The van der Waals surface area contributed by atoms with Crippen LogP contribution in [0.15, 0.2) is 9.70 Å². The van der Waals surface area contributed by atoms with Crippen LogP contribution in [-0.2, 0) is 11.8 Å². The van der Waals surface area contributed by atoms with E-state index in [9.17, 15) is 14.9 Å². The molecule has 1 aromatic heterocycles. The Hall–Kier alpha value is -1.76. The molecule has 0 aromatic carbocycles. The second-order valence-electron chi connectivity index (χ2n) is 7.00. The standard InChI is InChI=1S/C20H24N4O2S3/c1-4-5-6-24-19(26)16(29-20(24)27)11-14-13(2)15(12-21)18(25)22(3)17(14)23-7-9-28-10-8-23/h11H,4-10H2,1-3H3. The van der Waals surface area contributed by atoms with E-state index in [4.69, 9.17) is 12.2 Å². The summed E-state index contributed by atoms with van der Waals surface area (Å²) in [4.78, 5) is 30.0. The second kappa shape index (κ2) is 9.37. The predicted molar refractivity (Wildman–Crippen MR) is 125 cm³/mol. The van der Waals surface area contributed by atoms with E-state index in [1.54, 1.807) is 23.4 Å². The number of rotatable bonds is 5. The van der Waals surface area contributed by atoms with E-state index in [1.807, 2.05) is 23.9 Å². The van der Waals surface area contributed by atoms with Crippen LogP contribution in [0.5, 0.6) is 0 Å². The van der Waals surface area contributed by atoms with E-state index in [0.717, 1.165) is 48.8 Å². The van der Waals surface area contributed by atoms with Crippen molar-refractivity contribution in [2.24, 2.45) is 7.05 Å². The number of thioether (sulfide) groups is 2. The number of aromatic nitrogens is 1. The molecule has 2 aliphatic rings. The van der Waals surface area contributed by atoms with Gasteiger partial charge in [-0.3, -0.25) is 19.1 Å². The fourth-order valence-corrected chi connectivity index (χ4v) is 5.70. The molecule has 6 nitrogen and oxygen atoms in total. The van der Waals surface area contributed by atoms with E-state index < -0.39 is 0 Å². The molecule has 0 aliphatic carbocycles. The van der Waals surface area contributed by atoms with Gasteiger partial charge in [-0.25, -0.2) is 0 Å². The molecule has 154 valence electrons. The third-order valence-electron chi connectivity index (χ3n) is 5.16. The van der Waals surface area contributed by atoms with Crippen LogP contribution in [0.1, 0.15) is 36.5 Å². The second-order valence-corrected chi connectivity index (χ2v) is 9.90. The Balaban J connectivity index is 2.13. The zero-order valence-corrected chi connectivity index (χ0v) is 19.3. The third kappa shape index (κ3) is 4.25. The van der Waals surface area contributed by atoms with Crippen molar-refractivity contribution < 1.29 is 4.79 Å². The molecule has 2 fully saturated rings. The highest BCUT2D eigenvalue weighted by Gasteiger charge is 2.32. The zero-order chi connectivity index (χ0) is 21.1. The lowest BCUT2D eigenvalue weighted by molar-refractivity contribution is -0.122. The maximum atomic E-state index is 12.9. The molecule has 3 rings (SSSR count). The molecule has 1 amide bonds. The molecule has 3 heterocycles. The summed E-state index contributed by atoms with van der Waals surface area (Å²) in [5.41, 5.74) is 1.19. The Morgan fingerprint density at radius 3 is 2.59 bits per heavy atom. The van der Waals surface area contributed by atoms with E-state index in [2.05, 4.69) is 11.8 Å². The van der Waals surface area contributed by atoms with Gasteiger partial charge < -0.3 is 4.90 Å². The summed E-state index contributed by atoms with van der Waals surface area (Å²) < 4.78 is 2.11. The summed E-state index contributed by atoms with van der Waals surface area (Å²) in [5, 5.41) is 9.54. The summed E-state index contributed by atoms with van der Waals surface area (Å²) in [5.74, 6) is 2.63. The number of hydrogen-bond donors (Lipinski definition) is 0. The molecule has 29 heavy (non-hydrogen) atoms. The van der Waals surface area contributed by atoms with E-state index >= 15 is 0 Å². The Kier molecular flexibility index (Phi) is 7.09. The van der Waals surface area contributed by atoms with Crippen molar-refractivity contribution in [3.05, 3.63) is 31.9 Å². The van der Waals surface area contributed by atoms with Gasteiger partial charge in [0.15, 0.2) is 0 Å². The summed E-state index contributed by atoms with van der Waals surface area (Å²) >= 11 is 8.59. The van der Waals surface area contributed by atoms with Crippen LogP contribution in [0, 0.1) is 18.3 Å². The number of anilines is 1. The molecule has 0 unspecified atom stereocenters. The van der Waals surface area contributed by atoms with Gasteiger partial charge in [0.2, 0.25) is 0 Å². The number of unbranched alkanes of at least 4 members (excludes halogenated alkanes) is 1. The molecule has 0 spiro atoms. The van der Waals surface area contributed by atoms with Crippen molar-refractivity contribution in [1.82, 2.24) is 9.47 Å². The van der Waals surface area contributed by atoms with E-state index in [0.29, 0.717) is 21.3 Å². The SMILES string of the molecule is CCCCN1C(=O)C(=Cc2c(C)c(C#N)c(=O)n(C)c2N2CCSCC2)SC1=S. The Bertz CT molecular complexity index is 971. The molecule has 0 saturated carbocycles. The summed E-state index contributed by atoms with van der Waals surface area (Å²) in [7, 11) is 1.70. The first-order valence-electron chi connectivity index (χ1n) is 9.62. The van der Waals surface area contributed by atoms with Crippen LogP contribution in [0.3, 0.4) is 0 Å². The highest BCUT2D eigenvalue weighted by atomic mass is 32.2. The maximum Gasteiger partial charge on any atom is 0.270 e. The fraction of sp³-hybridized carbons (Fsp3) is 0.500. The molecule has 0 radical (unpaired) electrons. The largest absolute Gasteiger partial charge is 0.356 e. The molecule has 1 aromatic rings. The van der Waals surface area contributed by atoms with Crippen LogP contribution in [0.2, 0.25) is 0 Å². The third-order valence-corrected chi connectivity index (χ3v) is 7.48. The van der Waals surface area contributed by atoms with Gasteiger partial charge in [-0.2, -0.15) is 17.0 Å². The van der Waals surface area contributed by atoms with Crippen LogP contribution in [-0.4, -0.2) is 50.8 Å². The van der Waals surface area contributed by atoms with Crippen molar-refractivity contribution in [3.8, 4) is 6.07 Å². The van der Waals surface area contributed by atoms with Gasteiger partial charge >= 0.3 is 0 Å². The molecule has 0 bridgehead atoms. The topological polar surface area (TPSA) is 69.3 Å². The van der Waals surface area contributed by atoms with Crippen LogP contribution in [0.25, 0.3) is 6.08 Å². The minimum absolute atomic E-state index is 0.0969. The first-order valence-corrected chi connectivity index (χ1v) is 12.0. The average molecular weight is 449 g/mol. The maximum absolute atomic E-state index is 12.9.